The zero-order valence-corrected chi connectivity index (χ0v) is 23.5. The van der Waals surface area contributed by atoms with Gasteiger partial charge in [0.1, 0.15) is 23.5 Å². The van der Waals surface area contributed by atoms with Gasteiger partial charge in [0, 0.05) is 22.6 Å². The highest BCUT2D eigenvalue weighted by Gasteiger charge is 2.45. The van der Waals surface area contributed by atoms with Gasteiger partial charge in [-0.3, -0.25) is 0 Å². The van der Waals surface area contributed by atoms with Crippen molar-refractivity contribution >= 4 is 31.0 Å². The molecular weight excluding hydrogens is 514 g/mol. The van der Waals surface area contributed by atoms with E-state index in [0.29, 0.717) is 17.0 Å². The molecule has 6 nitrogen and oxygen atoms in total. The van der Waals surface area contributed by atoms with Crippen molar-refractivity contribution in [1.29, 1.82) is 0 Å². The first-order valence-corrected chi connectivity index (χ1v) is 15.6. The Morgan fingerprint density at radius 3 is 2.59 bits per heavy atom. The van der Waals surface area contributed by atoms with E-state index in [2.05, 4.69) is 48.4 Å². The lowest BCUT2D eigenvalue weighted by atomic mass is 9.95. The zero-order valence-electron chi connectivity index (χ0n) is 21.8. The minimum atomic E-state index is -2.97. The standard InChI is InChI=1S/C27H31ClF2N4O2Si/c1-15-31-14-19(32-15)17-8-7-9-22(35-26(29)30)24(17)21-13-23(36-37(5,6)27(2,3)4)25-33-18-11-10-16(28)12-20(18)34(21)25/h7-12,14,21,23,26H,13H2,1-6H3,(H,31,32)/t21-,23+/m1/s1. The summed E-state index contributed by atoms with van der Waals surface area (Å²) in [5, 5.41) is 0.560. The van der Waals surface area contributed by atoms with E-state index >= 15 is 0 Å². The van der Waals surface area contributed by atoms with Crippen molar-refractivity contribution in [3.63, 3.8) is 0 Å². The summed E-state index contributed by atoms with van der Waals surface area (Å²) in [7, 11) is -2.19. The average molecular weight is 545 g/mol. The summed E-state index contributed by atoms with van der Waals surface area (Å²) in [6.45, 7) is 9.88. The first-order chi connectivity index (χ1) is 17.4. The number of benzene rings is 2. The largest absolute Gasteiger partial charge is 0.434 e. The van der Waals surface area contributed by atoms with Gasteiger partial charge < -0.3 is 18.7 Å². The molecule has 4 aromatic rings. The Morgan fingerprint density at radius 2 is 1.95 bits per heavy atom. The van der Waals surface area contributed by atoms with Crippen molar-refractivity contribution in [3.05, 3.63) is 64.8 Å². The van der Waals surface area contributed by atoms with Crippen molar-refractivity contribution in [3.8, 4) is 17.0 Å². The predicted octanol–water partition coefficient (Wildman–Crippen LogP) is 8.05. The van der Waals surface area contributed by atoms with E-state index in [-0.39, 0.29) is 22.9 Å². The highest BCUT2D eigenvalue weighted by molar-refractivity contribution is 6.74. The Morgan fingerprint density at radius 1 is 1.19 bits per heavy atom. The van der Waals surface area contributed by atoms with Crippen LogP contribution >= 0.6 is 11.6 Å². The lowest BCUT2D eigenvalue weighted by Crippen LogP contribution is -2.41. The molecule has 0 saturated heterocycles. The molecule has 0 unspecified atom stereocenters. The van der Waals surface area contributed by atoms with E-state index < -0.39 is 14.9 Å². The van der Waals surface area contributed by atoms with Crippen molar-refractivity contribution in [2.45, 2.75) is 71.0 Å². The number of rotatable bonds is 6. The summed E-state index contributed by atoms with van der Waals surface area (Å²) >= 11 is 6.40. The molecule has 3 heterocycles. The molecule has 1 N–H and O–H groups in total. The van der Waals surface area contributed by atoms with Gasteiger partial charge in [-0.1, -0.05) is 44.5 Å². The van der Waals surface area contributed by atoms with Crippen LogP contribution in [0.5, 0.6) is 5.75 Å². The number of hydrogen-bond acceptors (Lipinski definition) is 4. The van der Waals surface area contributed by atoms with E-state index in [4.69, 9.17) is 25.7 Å². The monoisotopic (exact) mass is 544 g/mol. The van der Waals surface area contributed by atoms with Crippen LogP contribution in [0.3, 0.4) is 0 Å². The van der Waals surface area contributed by atoms with Crippen LogP contribution < -0.4 is 4.74 Å². The van der Waals surface area contributed by atoms with Crippen molar-refractivity contribution in [1.82, 2.24) is 19.5 Å². The van der Waals surface area contributed by atoms with E-state index in [9.17, 15) is 8.78 Å². The van der Waals surface area contributed by atoms with Gasteiger partial charge in [0.15, 0.2) is 8.32 Å². The third-order valence-electron chi connectivity index (χ3n) is 7.57. The molecule has 1 aliphatic rings. The number of H-pyrrole nitrogens is 1. The molecule has 5 rings (SSSR count). The number of halogens is 3. The maximum absolute atomic E-state index is 13.6. The van der Waals surface area contributed by atoms with Crippen LogP contribution in [0.15, 0.2) is 42.6 Å². The van der Waals surface area contributed by atoms with Gasteiger partial charge in [-0.15, -0.1) is 0 Å². The second-order valence-electron chi connectivity index (χ2n) is 11.1. The smallest absolute Gasteiger partial charge is 0.387 e. The van der Waals surface area contributed by atoms with Crippen LogP contribution in [0.2, 0.25) is 23.2 Å². The number of nitrogens with zero attached hydrogens (tertiary/aromatic N) is 3. The number of ether oxygens (including phenoxy) is 1. The molecule has 2 atom stereocenters. The fourth-order valence-electron chi connectivity index (χ4n) is 4.81. The summed E-state index contributed by atoms with van der Waals surface area (Å²) in [4.78, 5) is 12.5. The van der Waals surface area contributed by atoms with E-state index in [1.165, 1.54) is 0 Å². The molecule has 0 radical (unpaired) electrons. The number of aromatic amines is 1. The average Bonchev–Trinajstić information content (AvgIpc) is 3.47. The molecule has 2 aromatic carbocycles. The Kier molecular flexibility index (Phi) is 6.45. The maximum Gasteiger partial charge on any atom is 0.387 e. The highest BCUT2D eigenvalue weighted by Crippen LogP contribution is 2.51. The highest BCUT2D eigenvalue weighted by atomic mass is 35.5. The van der Waals surface area contributed by atoms with Crippen LogP contribution in [0.1, 0.15) is 56.6 Å². The molecule has 10 heteroatoms. The normalized spacial score (nSPS) is 18.1. The van der Waals surface area contributed by atoms with Gasteiger partial charge in [0.25, 0.3) is 0 Å². The van der Waals surface area contributed by atoms with Gasteiger partial charge in [-0.25, -0.2) is 9.97 Å². The molecule has 0 amide bonds. The number of nitrogens with one attached hydrogen (secondary N) is 1. The minimum absolute atomic E-state index is 0.0134. The Labute approximate surface area is 221 Å². The summed E-state index contributed by atoms with van der Waals surface area (Å²) in [5.41, 5.74) is 3.70. The molecule has 37 heavy (non-hydrogen) atoms. The van der Waals surface area contributed by atoms with Crippen LogP contribution in [0.25, 0.3) is 22.3 Å². The van der Waals surface area contributed by atoms with Crippen LogP contribution in [0.4, 0.5) is 8.78 Å². The number of aromatic nitrogens is 4. The summed E-state index contributed by atoms with van der Waals surface area (Å²) < 4.78 is 41.3. The van der Waals surface area contributed by atoms with Gasteiger partial charge in [0.05, 0.1) is 29.0 Å². The first-order valence-electron chi connectivity index (χ1n) is 12.3. The summed E-state index contributed by atoms with van der Waals surface area (Å²) in [6, 6.07) is 10.4. The third kappa shape index (κ3) is 4.68. The van der Waals surface area contributed by atoms with Gasteiger partial charge in [0.2, 0.25) is 0 Å². The Balaban J connectivity index is 1.73. The number of hydrogen-bond donors (Lipinski definition) is 1. The second kappa shape index (κ2) is 9.22. The molecule has 1 aliphatic heterocycles. The molecule has 0 bridgehead atoms. The van der Waals surface area contributed by atoms with Crippen LogP contribution in [-0.2, 0) is 4.43 Å². The number of fused-ring (bicyclic) bond motifs is 3. The lowest BCUT2D eigenvalue weighted by Gasteiger charge is -2.38. The second-order valence-corrected chi connectivity index (χ2v) is 16.3. The summed E-state index contributed by atoms with van der Waals surface area (Å²) in [5.74, 6) is 1.62. The molecule has 196 valence electrons. The van der Waals surface area contributed by atoms with Crippen molar-refractivity contribution in [2.24, 2.45) is 0 Å². The SMILES string of the molecule is Cc1ncc(-c2cccc(OC(F)F)c2[C@H]2C[C@H](O[Si](C)(C)C(C)(C)C)c3nc4ccc(Cl)cc4n32)[nH]1. The van der Waals surface area contributed by atoms with Gasteiger partial charge >= 0.3 is 6.61 Å². The molecule has 2 aromatic heterocycles. The Bertz CT molecular complexity index is 1460. The molecule has 0 saturated carbocycles. The zero-order chi connectivity index (χ0) is 26.7. The Hall–Kier alpha value is -2.75. The lowest BCUT2D eigenvalue weighted by molar-refractivity contribution is -0.0506. The molecule has 0 aliphatic carbocycles. The maximum atomic E-state index is 13.6. The van der Waals surface area contributed by atoms with E-state index in [0.717, 1.165) is 33.9 Å². The van der Waals surface area contributed by atoms with E-state index in [1.54, 1.807) is 24.4 Å². The van der Waals surface area contributed by atoms with Gasteiger partial charge in [-0.2, -0.15) is 8.78 Å². The fraction of sp³-hybridized carbons (Fsp3) is 0.407. The van der Waals surface area contributed by atoms with Crippen molar-refractivity contribution < 1.29 is 17.9 Å². The third-order valence-corrected chi connectivity index (χ3v) is 12.3. The first kappa shape index (κ1) is 25.9. The number of alkyl halides is 2. The molecule has 0 spiro atoms. The molecular formula is C27H31ClF2N4O2Si. The number of imidazole rings is 2. The van der Waals surface area contributed by atoms with E-state index in [1.807, 2.05) is 25.1 Å². The summed E-state index contributed by atoms with van der Waals surface area (Å²) in [6.07, 6.45) is 1.93. The predicted molar refractivity (Wildman–Crippen MR) is 144 cm³/mol. The van der Waals surface area contributed by atoms with Crippen molar-refractivity contribution in [2.75, 3.05) is 0 Å². The van der Waals surface area contributed by atoms with Gasteiger partial charge in [-0.05, 0) is 49.3 Å². The number of aryl methyl sites for hydroxylation is 1. The fourth-order valence-corrected chi connectivity index (χ4v) is 6.25. The topological polar surface area (TPSA) is 65.0 Å². The van der Waals surface area contributed by atoms with Crippen LogP contribution in [0, 0.1) is 6.92 Å². The quantitative estimate of drug-likeness (QED) is 0.249. The molecule has 0 fully saturated rings. The van der Waals surface area contributed by atoms with Crippen LogP contribution in [-0.4, -0.2) is 34.4 Å². The minimum Gasteiger partial charge on any atom is -0.434 e.